The van der Waals surface area contributed by atoms with E-state index < -0.39 is 5.91 Å². The zero-order valence-electron chi connectivity index (χ0n) is 16.1. The van der Waals surface area contributed by atoms with Gasteiger partial charge < -0.3 is 14.7 Å². The number of aromatic nitrogens is 2. The van der Waals surface area contributed by atoms with E-state index in [1.165, 1.54) is 12.1 Å². The lowest BCUT2D eigenvalue weighted by atomic mass is 10.1. The molecule has 0 fully saturated rings. The Morgan fingerprint density at radius 2 is 2.03 bits per heavy atom. The molecule has 0 atom stereocenters. The number of carbonyl (C=O) groups excluding carboxylic acids is 1. The van der Waals surface area contributed by atoms with Gasteiger partial charge >= 0.3 is 0 Å². The van der Waals surface area contributed by atoms with E-state index in [0.717, 1.165) is 22.9 Å². The van der Waals surface area contributed by atoms with Crippen LogP contribution < -0.4 is 10.9 Å². The van der Waals surface area contributed by atoms with E-state index in [0.29, 0.717) is 27.4 Å². The smallest absolute Gasteiger partial charge is 0.266 e. The highest BCUT2D eigenvalue weighted by Gasteiger charge is 2.13. The van der Waals surface area contributed by atoms with E-state index in [4.69, 9.17) is 4.42 Å². The highest BCUT2D eigenvalue weighted by atomic mass is 32.2. The SMILES string of the molecule is Cc1ccc(C)c(NC(=O)/C(C#N)=C/c2ccc(Sc3nc(C)cc(=O)[nH]3)o2)c1. The minimum atomic E-state index is -0.517. The predicted octanol–water partition coefficient (Wildman–Crippen LogP) is 3.99. The van der Waals surface area contributed by atoms with E-state index in [9.17, 15) is 14.9 Å². The molecular formula is C21H18N4O3S. The number of nitrogens with zero attached hydrogens (tertiary/aromatic N) is 2. The van der Waals surface area contributed by atoms with Gasteiger partial charge in [0.15, 0.2) is 10.2 Å². The fourth-order valence-electron chi connectivity index (χ4n) is 2.51. The fourth-order valence-corrected chi connectivity index (χ4v) is 3.32. The number of nitriles is 1. The number of aryl methyl sites for hydroxylation is 3. The molecule has 3 aromatic rings. The standard InChI is InChI=1S/C21H18N4O3S/c1-12-4-5-13(2)17(8-12)24-20(27)15(11-22)10-16-6-7-19(28-16)29-21-23-14(3)9-18(26)25-21/h4-10H,1-3H3,(H,24,27)(H,23,25,26)/b15-10+. The molecule has 0 saturated heterocycles. The Labute approximate surface area is 171 Å². The number of amides is 1. The van der Waals surface area contributed by atoms with Crippen LogP contribution in [0.1, 0.15) is 22.6 Å². The maximum atomic E-state index is 12.5. The van der Waals surface area contributed by atoms with Crippen molar-refractivity contribution in [3.8, 4) is 6.07 Å². The molecule has 3 rings (SSSR count). The Morgan fingerprint density at radius 3 is 2.76 bits per heavy atom. The maximum Gasteiger partial charge on any atom is 0.266 e. The summed E-state index contributed by atoms with van der Waals surface area (Å²) >= 11 is 1.14. The van der Waals surface area contributed by atoms with E-state index in [2.05, 4.69) is 15.3 Å². The second-order valence-corrected chi connectivity index (χ2v) is 7.39. The van der Waals surface area contributed by atoms with Gasteiger partial charge in [-0.15, -0.1) is 0 Å². The zero-order chi connectivity index (χ0) is 21.0. The Morgan fingerprint density at radius 1 is 1.24 bits per heavy atom. The largest absolute Gasteiger partial charge is 0.450 e. The van der Waals surface area contributed by atoms with Gasteiger partial charge in [-0.05, 0) is 61.9 Å². The first-order valence-electron chi connectivity index (χ1n) is 8.70. The quantitative estimate of drug-likeness (QED) is 0.376. The summed E-state index contributed by atoms with van der Waals surface area (Å²) in [6, 6.07) is 12.3. The summed E-state index contributed by atoms with van der Waals surface area (Å²) in [5.41, 5.74) is 2.82. The number of anilines is 1. The van der Waals surface area contributed by atoms with Crippen LogP contribution in [-0.2, 0) is 4.79 Å². The molecule has 0 bridgehead atoms. The first-order chi connectivity index (χ1) is 13.8. The number of hydrogen-bond donors (Lipinski definition) is 2. The molecule has 0 aliphatic heterocycles. The van der Waals surface area contributed by atoms with E-state index in [1.54, 1.807) is 19.1 Å². The minimum absolute atomic E-state index is 0.0844. The van der Waals surface area contributed by atoms with Crippen LogP contribution >= 0.6 is 11.8 Å². The van der Waals surface area contributed by atoms with Crippen LogP contribution in [0.15, 0.2) is 61.4 Å². The molecule has 1 aromatic carbocycles. The Bertz CT molecular complexity index is 1200. The number of nitrogens with one attached hydrogen (secondary N) is 2. The third-order valence-electron chi connectivity index (χ3n) is 3.94. The maximum absolute atomic E-state index is 12.5. The minimum Gasteiger partial charge on any atom is -0.450 e. The average molecular weight is 406 g/mol. The molecule has 29 heavy (non-hydrogen) atoms. The van der Waals surface area contributed by atoms with Crippen molar-refractivity contribution in [1.82, 2.24) is 9.97 Å². The van der Waals surface area contributed by atoms with Crippen molar-refractivity contribution < 1.29 is 9.21 Å². The number of furan rings is 1. The summed E-state index contributed by atoms with van der Waals surface area (Å²) in [5.74, 6) is -0.174. The summed E-state index contributed by atoms with van der Waals surface area (Å²) in [4.78, 5) is 30.9. The van der Waals surface area contributed by atoms with Crippen LogP contribution in [0.3, 0.4) is 0 Å². The second-order valence-electron chi connectivity index (χ2n) is 6.39. The number of H-pyrrole nitrogens is 1. The fraction of sp³-hybridized carbons (Fsp3) is 0.143. The van der Waals surface area contributed by atoms with Gasteiger partial charge in [0.1, 0.15) is 17.4 Å². The molecule has 2 aromatic heterocycles. The van der Waals surface area contributed by atoms with Crippen molar-refractivity contribution in [2.45, 2.75) is 31.0 Å². The summed E-state index contributed by atoms with van der Waals surface area (Å²) in [6.45, 7) is 5.53. The molecule has 0 unspecified atom stereocenters. The van der Waals surface area contributed by atoms with Crippen molar-refractivity contribution in [2.24, 2.45) is 0 Å². The molecule has 1 amide bonds. The molecule has 7 nitrogen and oxygen atoms in total. The number of benzene rings is 1. The molecular weight excluding hydrogens is 388 g/mol. The Hall–Kier alpha value is -3.57. The Kier molecular flexibility index (Phi) is 6.00. The van der Waals surface area contributed by atoms with E-state index >= 15 is 0 Å². The first kappa shape index (κ1) is 20.2. The lowest BCUT2D eigenvalue weighted by Gasteiger charge is -2.08. The van der Waals surface area contributed by atoms with E-state index in [1.807, 2.05) is 38.1 Å². The Balaban J connectivity index is 1.77. The molecule has 146 valence electrons. The normalized spacial score (nSPS) is 11.2. The number of hydrogen-bond acceptors (Lipinski definition) is 6. The van der Waals surface area contributed by atoms with Gasteiger partial charge in [-0.25, -0.2) is 4.98 Å². The molecule has 0 saturated carbocycles. The molecule has 2 N–H and O–H groups in total. The van der Waals surface area contributed by atoms with Crippen LogP contribution in [-0.4, -0.2) is 15.9 Å². The van der Waals surface area contributed by atoms with Crippen LogP contribution in [0.5, 0.6) is 0 Å². The van der Waals surface area contributed by atoms with Gasteiger partial charge in [-0.3, -0.25) is 9.59 Å². The van der Waals surface area contributed by atoms with E-state index in [-0.39, 0.29) is 11.1 Å². The highest BCUT2D eigenvalue weighted by molar-refractivity contribution is 7.99. The molecule has 8 heteroatoms. The summed E-state index contributed by atoms with van der Waals surface area (Å²) in [6.07, 6.45) is 1.37. The lowest BCUT2D eigenvalue weighted by molar-refractivity contribution is -0.112. The van der Waals surface area contributed by atoms with Crippen molar-refractivity contribution in [3.63, 3.8) is 0 Å². The van der Waals surface area contributed by atoms with Gasteiger partial charge in [-0.1, -0.05) is 12.1 Å². The van der Waals surface area contributed by atoms with Crippen LogP contribution in [0.4, 0.5) is 5.69 Å². The molecule has 2 heterocycles. The van der Waals surface area contributed by atoms with Crippen LogP contribution in [0, 0.1) is 32.1 Å². The monoisotopic (exact) mass is 406 g/mol. The molecule has 0 aliphatic carbocycles. The molecule has 0 spiro atoms. The van der Waals surface area contributed by atoms with Gasteiger partial charge in [0.05, 0.1) is 0 Å². The van der Waals surface area contributed by atoms with Crippen molar-refractivity contribution in [1.29, 1.82) is 5.26 Å². The van der Waals surface area contributed by atoms with Gasteiger partial charge in [0.25, 0.3) is 11.5 Å². The highest BCUT2D eigenvalue weighted by Crippen LogP contribution is 2.27. The zero-order valence-corrected chi connectivity index (χ0v) is 16.9. The summed E-state index contributed by atoms with van der Waals surface area (Å²) in [7, 11) is 0. The number of rotatable bonds is 5. The average Bonchev–Trinajstić information content (AvgIpc) is 3.08. The van der Waals surface area contributed by atoms with Gasteiger partial charge in [0.2, 0.25) is 0 Å². The summed E-state index contributed by atoms with van der Waals surface area (Å²) in [5, 5.41) is 13.0. The van der Waals surface area contributed by atoms with Gasteiger partial charge in [-0.2, -0.15) is 5.26 Å². The van der Waals surface area contributed by atoms with Crippen LogP contribution in [0.2, 0.25) is 0 Å². The number of carbonyl (C=O) groups is 1. The molecule has 0 radical (unpaired) electrons. The topological polar surface area (TPSA) is 112 Å². The van der Waals surface area contributed by atoms with Gasteiger partial charge in [0, 0.05) is 23.5 Å². The first-order valence-corrected chi connectivity index (χ1v) is 9.52. The van der Waals surface area contributed by atoms with Crippen molar-refractivity contribution in [3.05, 3.63) is 74.9 Å². The van der Waals surface area contributed by atoms with Crippen LogP contribution in [0.25, 0.3) is 6.08 Å². The van der Waals surface area contributed by atoms with Crippen molar-refractivity contribution in [2.75, 3.05) is 5.32 Å². The second kappa shape index (κ2) is 8.63. The lowest BCUT2D eigenvalue weighted by Crippen LogP contribution is -2.14. The number of aromatic amines is 1. The van der Waals surface area contributed by atoms with Crippen molar-refractivity contribution >= 4 is 29.4 Å². The third kappa shape index (κ3) is 5.24. The third-order valence-corrected chi connectivity index (χ3v) is 4.75. The predicted molar refractivity (Wildman–Crippen MR) is 111 cm³/mol. The molecule has 0 aliphatic rings. The summed E-state index contributed by atoms with van der Waals surface area (Å²) < 4.78 is 5.64.